The van der Waals surface area contributed by atoms with Gasteiger partial charge in [-0.3, -0.25) is 4.79 Å². The molecule has 3 rings (SSSR count). The van der Waals surface area contributed by atoms with Crippen LogP contribution in [-0.2, 0) is 11.2 Å². The molecule has 1 heterocycles. The minimum atomic E-state index is -0.223. The van der Waals surface area contributed by atoms with Gasteiger partial charge in [0.15, 0.2) is 16.7 Å². The number of carbonyl (C=O) groups excluding carboxylic acids is 1. The number of nitrogens with one attached hydrogen (secondary N) is 1. The van der Waals surface area contributed by atoms with Crippen LogP contribution in [0.4, 0.5) is 5.69 Å². The number of halogens is 2. The Kier molecular flexibility index (Phi) is 6.29. The Hall–Kier alpha value is -1.77. The van der Waals surface area contributed by atoms with Crippen molar-refractivity contribution < 1.29 is 14.6 Å². The van der Waals surface area contributed by atoms with Crippen LogP contribution in [0, 0.1) is 0 Å². The number of hydrogen-bond acceptors (Lipinski definition) is 5. The summed E-state index contributed by atoms with van der Waals surface area (Å²) in [6.07, 6.45) is 2.69. The number of ether oxygens (including phenoxy) is 1. The van der Waals surface area contributed by atoms with Crippen molar-refractivity contribution in [2.24, 2.45) is 4.99 Å². The summed E-state index contributed by atoms with van der Waals surface area (Å²) >= 11 is 8.00. The minimum absolute atomic E-state index is 0.00664. The number of thioether (sulfide) groups is 1. The maximum absolute atomic E-state index is 12.3. The predicted molar refractivity (Wildman–Crippen MR) is 117 cm³/mol. The summed E-state index contributed by atoms with van der Waals surface area (Å²) in [6.45, 7) is 2.10. The number of hydrogen-bond donors (Lipinski definition) is 2. The number of phenolic OH excluding ortho intramolecular Hbond substituents is 1. The third-order valence-electron chi connectivity index (χ3n) is 3.91. The number of benzene rings is 2. The van der Waals surface area contributed by atoms with E-state index in [-0.39, 0.29) is 11.7 Å². The smallest absolute Gasteiger partial charge is 0.264 e. The molecule has 0 saturated carbocycles. The van der Waals surface area contributed by atoms with Crippen LogP contribution in [0.25, 0.3) is 6.08 Å². The zero-order chi connectivity index (χ0) is 19.6. The molecule has 0 atom stereocenters. The lowest BCUT2D eigenvalue weighted by atomic mass is 10.2. The lowest BCUT2D eigenvalue weighted by Gasteiger charge is -2.10. The number of nitrogens with zero attached hydrogens (tertiary/aromatic N) is 1. The molecule has 2 aromatic rings. The number of amides is 1. The van der Waals surface area contributed by atoms with Crippen LogP contribution in [0.5, 0.6) is 11.5 Å². The largest absolute Gasteiger partial charge is 0.503 e. The standard InChI is InChI=1S/C19H16Br2N2O3S/c1-3-10-4-6-12(7-5-10)22-19-23-18(25)14(27-19)9-11-8-13(26-2)17(24)16(21)15(11)20/h4-9,24H,3H2,1-2H3,(H,22,23,25)/b14-9-. The molecule has 1 fully saturated rings. The molecule has 1 saturated heterocycles. The van der Waals surface area contributed by atoms with Crippen molar-refractivity contribution in [2.75, 3.05) is 7.11 Å². The normalized spacial score (nSPS) is 16.8. The second-order valence-electron chi connectivity index (χ2n) is 5.65. The van der Waals surface area contributed by atoms with Gasteiger partial charge in [0.1, 0.15) is 0 Å². The van der Waals surface area contributed by atoms with Crippen molar-refractivity contribution in [1.29, 1.82) is 0 Å². The summed E-state index contributed by atoms with van der Waals surface area (Å²) in [5.74, 6) is 0.0806. The molecule has 140 valence electrons. The molecule has 1 aliphatic heterocycles. The Morgan fingerprint density at radius 3 is 2.59 bits per heavy atom. The Labute approximate surface area is 178 Å². The van der Waals surface area contributed by atoms with E-state index in [1.54, 1.807) is 12.1 Å². The fourth-order valence-electron chi connectivity index (χ4n) is 2.42. The topological polar surface area (TPSA) is 70.9 Å². The van der Waals surface area contributed by atoms with E-state index in [0.717, 1.165) is 12.1 Å². The fourth-order valence-corrected chi connectivity index (χ4v) is 4.09. The number of aromatic hydroxyl groups is 1. The number of rotatable bonds is 4. The second kappa shape index (κ2) is 8.50. The SMILES string of the molecule is CCc1ccc(N=C2NC(=O)/C(=C/c3cc(OC)c(O)c(Br)c3Br)S2)cc1. The van der Waals surface area contributed by atoms with Crippen molar-refractivity contribution in [3.63, 3.8) is 0 Å². The highest BCUT2D eigenvalue weighted by atomic mass is 79.9. The minimum Gasteiger partial charge on any atom is -0.503 e. The Bertz CT molecular complexity index is 956. The average molecular weight is 512 g/mol. The molecular formula is C19H16Br2N2O3S. The third kappa shape index (κ3) is 4.39. The zero-order valence-corrected chi connectivity index (χ0v) is 18.5. The van der Waals surface area contributed by atoms with Gasteiger partial charge in [0.2, 0.25) is 0 Å². The van der Waals surface area contributed by atoms with E-state index >= 15 is 0 Å². The lowest BCUT2D eigenvalue weighted by molar-refractivity contribution is -0.115. The number of aryl methyl sites for hydroxylation is 1. The van der Waals surface area contributed by atoms with Crippen LogP contribution < -0.4 is 10.1 Å². The van der Waals surface area contributed by atoms with Crippen LogP contribution in [0.15, 0.2) is 49.2 Å². The van der Waals surface area contributed by atoms with Crippen LogP contribution in [0.2, 0.25) is 0 Å². The van der Waals surface area contributed by atoms with Crippen molar-refractivity contribution in [2.45, 2.75) is 13.3 Å². The first-order valence-electron chi connectivity index (χ1n) is 8.06. The van der Waals surface area contributed by atoms with Gasteiger partial charge in [0, 0.05) is 4.47 Å². The van der Waals surface area contributed by atoms with Crippen LogP contribution in [0.3, 0.4) is 0 Å². The van der Waals surface area contributed by atoms with E-state index in [9.17, 15) is 9.90 Å². The third-order valence-corrected chi connectivity index (χ3v) is 6.98. The molecule has 0 aliphatic carbocycles. The van der Waals surface area contributed by atoms with E-state index < -0.39 is 0 Å². The predicted octanol–water partition coefficient (Wildman–Crippen LogP) is 5.38. The Balaban J connectivity index is 1.89. The maximum Gasteiger partial charge on any atom is 0.264 e. The highest BCUT2D eigenvalue weighted by Crippen LogP contribution is 2.43. The van der Waals surface area contributed by atoms with Crippen molar-refractivity contribution in [1.82, 2.24) is 5.32 Å². The molecule has 8 heteroatoms. The van der Waals surface area contributed by atoms with Gasteiger partial charge in [-0.15, -0.1) is 0 Å². The monoisotopic (exact) mass is 510 g/mol. The van der Waals surface area contributed by atoms with Gasteiger partial charge in [-0.25, -0.2) is 4.99 Å². The molecule has 5 nitrogen and oxygen atoms in total. The number of carbonyl (C=O) groups is 1. The maximum atomic E-state index is 12.3. The van der Waals surface area contributed by atoms with Gasteiger partial charge in [0.05, 0.1) is 22.2 Å². The molecule has 0 spiro atoms. The highest BCUT2D eigenvalue weighted by Gasteiger charge is 2.25. The first kappa shape index (κ1) is 20.0. The van der Waals surface area contributed by atoms with E-state index in [2.05, 4.69) is 49.1 Å². The molecule has 2 N–H and O–H groups in total. The van der Waals surface area contributed by atoms with Crippen molar-refractivity contribution >= 4 is 66.5 Å². The van der Waals surface area contributed by atoms with Crippen LogP contribution in [-0.4, -0.2) is 23.3 Å². The summed E-state index contributed by atoms with van der Waals surface area (Å²) in [7, 11) is 1.47. The Morgan fingerprint density at radius 2 is 1.96 bits per heavy atom. The lowest BCUT2D eigenvalue weighted by Crippen LogP contribution is -2.19. The van der Waals surface area contributed by atoms with Gasteiger partial charge in [-0.05, 0) is 85.4 Å². The number of methoxy groups -OCH3 is 1. The molecule has 0 unspecified atom stereocenters. The summed E-state index contributed by atoms with van der Waals surface area (Å²) in [4.78, 5) is 17.3. The molecule has 0 aromatic heterocycles. The van der Waals surface area contributed by atoms with Gasteiger partial charge >= 0.3 is 0 Å². The van der Waals surface area contributed by atoms with Gasteiger partial charge in [0.25, 0.3) is 5.91 Å². The first-order valence-corrected chi connectivity index (χ1v) is 10.5. The summed E-state index contributed by atoms with van der Waals surface area (Å²) < 4.78 is 6.26. The van der Waals surface area contributed by atoms with E-state index in [0.29, 0.717) is 30.3 Å². The van der Waals surface area contributed by atoms with Crippen molar-refractivity contribution in [3.8, 4) is 11.5 Å². The second-order valence-corrected chi connectivity index (χ2v) is 8.26. The van der Waals surface area contributed by atoms with E-state index in [4.69, 9.17) is 4.74 Å². The summed E-state index contributed by atoms with van der Waals surface area (Å²) in [6, 6.07) is 9.56. The number of phenols is 1. The number of aliphatic imine (C=N–C) groups is 1. The highest BCUT2D eigenvalue weighted by molar-refractivity contribution is 9.13. The molecule has 0 radical (unpaired) electrons. The molecule has 0 bridgehead atoms. The van der Waals surface area contributed by atoms with Gasteiger partial charge in [-0.1, -0.05) is 19.1 Å². The molecule has 1 amide bonds. The summed E-state index contributed by atoms with van der Waals surface area (Å²) in [5.41, 5.74) is 2.72. The number of amidine groups is 1. The molecular weight excluding hydrogens is 496 g/mol. The fraction of sp³-hybridized carbons (Fsp3) is 0.158. The van der Waals surface area contributed by atoms with Crippen LogP contribution in [0.1, 0.15) is 18.1 Å². The molecule has 27 heavy (non-hydrogen) atoms. The van der Waals surface area contributed by atoms with Gasteiger partial charge < -0.3 is 15.2 Å². The average Bonchev–Trinajstić information content (AvgIpc) is 3.01. The quantitative estimate of drug-likeness (QED) is 0.540. The zero-order valence-electron chi connectivity index (χ0n) is 14.5. The van der Waals surface area contributed by atoms with Crippen LogP contribution >= 0.6 is 43.6 Å². The molecule has 1 aliphatic rings. The van der Waals surface area contributed by atoms with E-state index in [1.165, 1.54) is 24.4 Å². The van der Waals surface area contributed by atoms with E-state index in [1.807, 2.05) is 24.3 Å². The van der Waals surface area contributed by atoms with Gasteiger partial charge in [-0.2, -0.15) is 0 Å². The molecule has 2 aromatic carbocycles. The van der Waals surface area contributed by atoms with Crippen molar-refractivity contribution in [3.05, 3.63) is 55.3 Å². The summed E-state index contributed by atoms with van der Waals surface area (Å²) in [5, 5.41) is 13.3. The first-order chi connectivity index (χ1) is 12.9. The Morgan fingerprint density at radius 1 is 1.26 bits per heavy atom.